The van der Waals surface area contributed by atoms with E-state index in [4.69, 9.17) is 5.11 Å². The van der Waals surface area contributed by atoms with Gasteiger partial charge in [0, 0.05) is 49.6 Å². The van der Waals surface area contributed by atoms with Crippen LogP contribution in [0.2, 0.25) is 0 Å². The molecule has 0 rings (SSSR count). The van der Waals surface area contributed by atoms with E-state index in [1.807, 2.05) is 0 Å². The predicted octanol–water partition coefficient (Wildman–Crippen LogP) is -3.59. The Morgan fingerprint density at radius 3 is 0.506 bits per heavy atom. The monoisotopic (exact) mass is 1140 g/mol. The zero-order valence-electron chi connectivity index (χ0n) is 45.4. The summed E-state index contributed by atoms with van der Waals surface area (Å²) in [5.74, 6) is -15.4. The first-order valence-corrected chi connectivity index (χ1v) is 21.7. The number of aliphatic carboxylic acids is 5. The average Bonchev–Trinajstić information content (AvgIpc) is 3.17. The fourth-order valence-corrected chi connectivity index (χ4v) is 3.25. The Morgan fingerprint density at radius 1 is 0.312 bits per heavy atom. The molecule has 0 fully saturated rings. The number of ketones is 11. The van der Waals surface area contributed by atoms with Gasteiger partial charge in [0.05, 0.1) is 26.4 Å². The van der Waals surface area contributed by atoms with Crippen molar-refractivity contribution in [2.75, 3.05) is 26.4 Å². The van der Waals surface area contributed by atoms with E-state index in [0.717, 1.165) is 13.8 Å². The van der Waals surface area contributed by atoms with Crippen LogP contribution >= 0.6 is 0 Å². The molecule has 0 amide bonds. The molecule has 0 aliphatic carbocycles. The van der Waals surface area contributed by atoms with Gasteiger partial charge in [-0.1, -0.05) is 0 Å². The summed E-state index contributed by atoms with van der Waals surface area (Å²) in [6, 6.07) is 0. The molecule has 0 aromatic heterocycles. The van der Waals surface area contributed by atoms with Crippen LogP contribution in [0.15, 0.2) is 0 Å². The van der Waals surface area contributed by atoms with Gasteiger partial charge in [-0.25, -0.2) is 4.79 Å². The van der Waals surface area contributed by atoms with Crippen LogP contribution < -0.4 is 20.4 Å². The summed E-state index contributed by atoms with van der Waals surface area (Å²) in [6.07, 6.45) is -2.30. The Hall–Kier alpha value is -7.69. The van der Waals surface area contributed by atoms with E-state index in [-0.39, 0.29) is 93.7 Å². The van der Waals surface area contributed by atoms with E-state index in [0.29, 0.717) is 26.4 Å². The minimum Gasteiger partial charge on any atom is -0.550 e. The molecule has 0 aliphatic rings. The Bertz CT molecular complexity index is 1690. The molecule has 0 unspecified atom stereocenters. The number of rotatable bonds is 24. The van der Waals surface area contributed by atoms with E-state index in [1.54, 1.807) is 27.7 Å². The molecule has 0 aliphatic heterocycles. The number of Topliss-reactive ketones (excluding diaryl/α,β-unsaturated/α-hetero) is 11. The molecule has 0 radical (unpaired) electrons. The Labute approximate surface area is 458 Å². The SMILES string of the molecule is CC(=O)C(C(C)=O)C(=O)C(=O)O.CC(=O)CC(=O)[O-].CC(=O)CC(=O)[O-].CC(=O)CC(=O)[O-].CC(=O)CC(=O)[O-].CCOC(=O)CC(C)=O.CCOC(=O)CC(C)=O.CCOC(=O)CC(C)=O.CCOC(=O)CC(C)=O.[Ti+4]. The van der Waals surface area contributed by atoms with Crippen LogP contribution in [0.25, 0.3) is 0 Å². The molecule has 0 atom stereocenters. The number of ether oxygens (including phenoxy) is 4. The third kappa shape index (κ3) is 110. The Morgan fingerprint density at radius 2 is 0.455 bits per heavy atom. The largest absolute Gasteiger partial charge is 4.00 e. The molecular formula is C47H68O29Ti. The quantitative estimate of drug-likeness (QED) is 0.0321. The van der Waals surface area contributed by atoms with Crippen LogP contribution in [-0.2, 0) is 137 Å². The summed E-state index contributed by atoms with van der Waals surface area (Å²) in [7, 11) is 0. The number of hydrogen-bond acceptors (Lipinski definition) is 28. The molecule has 29 nitrogen and oxygen atoms in total. The van der Waals surface area contributed by atoms with Gasteiger partial charge in [0.2, 0.25) is 0 Å². The van der Waals surface area contributed by atoms with E-state index in [2.05, 4.69) is 18.9 Å². The zero-order chi connectivity index (χ0) is 62.4. The van der Waals surface area contributed by atoms with Gasteiger partial charge in [0.1, 0.15) is 89.4 Å². The molecule has 434 valence electrons. The van der Waals surface area contributed by atoms with Crippen LogP contribution in [0.3, 0.4) is 0 Å². The van der Waals surface area contributed by atoms with E-state index in [9.17, 15) is 116 Å². The summed E-state index contributed by atoms with van der Waals surface area (Å²) in [6.45, 7) is 20.4. The van der Waals surface area contributed by atoms with Gasteiger partial charge in [0.25, 0.3) is 5.78 Å². The van der Waals surface area contributed by atoms with Crippen LogP contribution in [0.1, 0.15) is 148 Å². The van der Waals surface area contributed by atoms with Gasteiger partial charge in [-0.2, -0.15) is 0 Å². The normalized spacial score (nSPS) is 8.51. The van der Waals surface area contributed by atoms with Crippen molar-refractivity contribution >= 4 is 117 Å². The number of esters is 4. The molecule has 0 bridgehead atoms. The fraction of sp³-hybridized carbons (Fsp3) is 0.574. The maximum absolute atomic E-state index is 10.7. The second kappa shape index (κ2) is 60.9. The molecule has 0 aromatic rings. The molecule has 0 spiro atoms. The topological polar surface area (TPSA) is 491 Å². The summed E-state index contributed by atoms with van der Waals surface area (Å²) >= 11 is 0. The standard InChI is InChI=1S/C7H8O5.4C6H10O3.4C4H6O3.Ti/c1-3(8)5(4(2)9)6(10)7(11)12;4*1-3-9-6(8)4-5(2)7;4*1-3(5)2-4(6)7;/h5H,1-2H3,(H,11,12);4*3-4H2,1-2H3;4*2H2,1H3,(H,6,7);/q;;;;;;;;;+4/p-4. The zero-order valence-corrected chi connectivity index (χ0v) is 47.0. The van der Waals surface area contributed by atoms with Crippen molar-refractivity contribution in [3.05, 3.63) is 0 Å². The van der Waals surface area contributed by atoms with Crippen LogP contribution in [0.4, 0.5) is 0 Å². The van der Waals surface area contributed by atoms with Crippen molar-refractivity contribution < 1.29 is 162 Å². The summed E-state index contributed by atoms with van der Waals surface area (Å²) < 4.78 is 18.0. The molecule has 0 saturated carbocycles. The predicted molar refractivity (Wildman–Crippen MR) is 246 cm³/mol. The van der Waals surface area contributed by atoms with Gasteiger partial charge < -0.3 is 63.7 Å². The van der Waals surface area contributed by atoms with Crippen LogP contribution in [0.5, 0.6) is 0 Å². The van der Waals surface area contributed by atoms with Crippen LogP contribution in [-0.4, -0.2) is 149 Å². The van der Waals surface area contributed by atoms with Crippen molar-refractivity contribution in [1.29, 1.82) is 0 Å². The van der Waals surface area contributed by atoms with E-state index < -0.39 is 103 Å². The van der Waals surface area contributed by atoms with E-state index >= 15 is 0 Å². The second-order valence-electron chi connectivity index (χ2n) is 14.1. The second-order valence-corrected chi connectivity index (χ2v) is 14.1. The molecule has 0 aromatic carbocycles. The molecule has 77 heavy (non-hydrogen) atoms. The average molecular weight is 1140 g/mol. The summed E-state index contributed by atoms with van der Waals surface area (Å²) in [5.41, 5.74) is 0. The number of carbonyl (C=O) groups excluding carboxylic acids is 19. The molecule has 0 saturated heterocycles. The number of carbonyl (C=O) groups is 20. The van der Waals surface area contributed by atoms with Crippen molar-refractivity contribution in [3.63, 3.8) is 0 Å². The van der Waals surface area contributed by atoms with Crippen molar-refractivity contribution in [3.8, 4) is 0 Å². The maximum atomic E-state index is 10.7. The Kier molecular flexibility index (Phi) is 72.7. The van der Waals surface area contributed by atoms with Crippen molar-refractivity contribution in [1.82, 2.24) is 0 Å². The third-order valence-electron chi connectivity index (χ3n) is 5.65. The number of hydrogen-bond donors (Lipinski definition) is 1. The van der Waals surface area contributed by atoms with Gasteiger partial charge in [0.15, 0.2) is 0 Å². The van der Waals surface area contributed by atoms with Crippen molar-refractivity contribution in [2.45, 2.75) is 148 Å². The number of carboxylic acid groups (broad SMARTS) is 5. The minimum absolute atomic E-state index is 0. The van der Waals surface area contributed by atoms with Gasteiger partial charge in [-0.15, -0.1) is 0 Å². The van der Waals surface area contributed by atoms with Crippen molar-refractivity contribution in [2.24, 2.45) is 5.92 Å². The smallest absolute Gasteiger partial charge is 0.550 e. The third-order valence-corrected chi connectivity index (χ3v) is 5.65. The maximum Gasteiger partial charge on any atom is 4.00 e. The number of carboxylic acids is 5. The molecule has 1 N–H and O–H groups in total. The van der Waals surface area contributed by atoms with Gasteiger partial charge >= 0.3 is 51.6 Å². The first-order valence-electron chi connectivity index (χ1n) is 21.7. The fourth-order valence-electron chi connectivity index (χ4n) is 3.25. The molecular weight excluding hydrogens is 1080 g/mol. The van der Waals surface area contributed by atoms with Crippen LogP contribution in [0, 0.1) is 5.92 Å². The Balaban J connectivity index is -0.0000000823. The van der Waals surface area contributed by atoms with Gasteiger partial charge in [-0.3, -0.25) is 71.9 Å². The molecule has 0 heterocycles. The molecule has 30 heteroatoms. The minimum atomic E-state index is -1.76. The summed E-state index contributed by atoms with van der Waals surface area (Å²) in [4.78, 5) is 202. The van der Waals surface area contributed by atoms with E-state index in [1.165, 1.54) is 55.4 Å². The van der Waals surface area contributed by atoms with Gasteiger partial charge in [-0.05, 0) is 96.9 Å². The summed E-state index contributed by atoms with van der Waals surface area (Å²) in [5, 5.41) is 46.1. The first kappa shape index (κ1) is 91.9. The first-order chi connectivity index (χ1) is 34.5.